The standard InChI is InChI=1S/C20H16F3N3O4S/c1-31(28,29)15-10-26(11-15)19(27)17-5-2-12-8-14(4-6-16(12)25-17)30-18-7-3-13(9-24-18)20(21,22)23/h2-9,15H,10-11H2,1H3. The Balaban J connectivity index is 1.48. The lowest BCUT2D eigenvalue weighted by atomic mass is 10.1. The third-order valence-corrected chi connectivity index (χ3v) is 6.42. The Morgan fingerprint density at radius 2 is 1.87 bits per heavy atom. The highest BCUT2D eigenvalue weighted by Gasteiger charge is 2.38. The number of alkyl halides is 3. The average Bonchev–Trinajstić information content (AvgIpc) is 2.65. The van der Waals surface area contributed by atoms with Gasteiger partial charge < -0.3 is 9.64 Å². The van der Waals surface area contributed by atoms with Crippen molar-refractivity contribution in [3.05, 3.63) is 59.9 Å². The van der Waals surface area contributed by atoms with E-state index < -0.39 is 26.8 Å². The van der Waals surface area contributed by atoms with E-state index in [0.717, 1.165) is 18.4 Å². The van der Waals surface area contributed by atoms with Crippen LogP contribution in [0.3, 0.4) is 0 Å². The van der Waals surface area contributed by atoms with E-state index in [1.165, 1.54) is 11.0 Å². The van der Waals surface area contributed by atoms with Gasteiger partial charge in [-0.1, -0.05) is 6.07 Å². The lowest BCUT2D eigenvalue weighted by molar-refractivity contribution is -0.137. The molecular weight excluding hydrogens is 435 g/mol. The van der Waals surface area contributed by atoms with Gasteiger partial charge in [0, 0.05) is 37.0 Å². The Kier molecular flexibility index (Phi) is 5.08. The van der Waals surface area contributed by atoms with E-state index in [4.69, 9.17) is 4.74 Å². The molecule has 1 amide bonds. The zero-order valence-electron chi connectivity index (χ0n) is 16.1. The first kappa shape index (κ1) is 21.0. The summed E-state index contributed by atoms with van der Waals surface area (Å²) in [4.78, 5) is 21.9. The second-order valence-electron chi connectivity index (χ2n) is 7.20. The number of fused-ring (bicyclic) bond motifs is 1. The van der Waals surface area contributed by atoms with Crippen LogP contribution >= 0.6 is 0 Å². The van der Waals surface area contributed by atoms with Crippen LogP contribution in [0, 0.1) is 0 Å². The maximum Gasteiger partial charge on any atom is 0.417 e. The molecule has 1 aliphatic heterocycles. The molecule has 2 aromatic heterocycles. The normalized spacial score (nSPS) is 15.0. The molecule has 3 aromatic rings. The number of amides is 1. The monoisotopic (exact) mass is 451 g/mol. The Morgan fingerprint density at radius 1 is 1.13 bits per heavy atom. The number of aromatic nitrogens is 2. The fourth-order valence-electron chi connectivity index (χ4n) is 3.05. The minimum atomic E-state index is -4.48. The van der Waals surface area contributed by atoms with E-state index >= 15 is 0 Å². The van der Waals surface area contributed by atoms with Gasteiger partial charge in [-0.3, -0.25) is 4.79 Å². The van der Waals surface area contributed by atoms with Crippen LogP contribution in [0.25, 0.3) is 10.9 Å². The second kappa shape index (κ2) is 7.49. The molecular formula is C20H16F3N3O4S. The molecule has 0 atom stereocenters. The molecule has 0 saturated carbocycles. The van der Waals surface area contributed by atoms with Crippen LogP contribution in [0.5, 0.6) is 11.6 Å². The van der Waals surface area contributed by atoms with Crippen molar-refractivity contribution >= 4 is 26.6 Å². The summed E-state index contributed by atoms with van der Waals surface area (Å²) >= 11 is 0. The molecule has 1 saturated heterocycles. The van der Waals surface area contributed by atoms with Crippen LogP contribution in [0.1, 0.15) is 16.1 Å². The molecule has 0 aliphatic carbocycles. The molecule has 1 fully saturated rings. The van der Waals surface area contributed by atoms with Crippen molar-refractivity contribution in [3.8, 4) is 11.6 Å². The molecule has 1 aromatic carbocycles. The van der Waals surface area contributed by atoms with Crippen LogP contribution in [-0.2, 0) is 16.0 Å². The van der Waals surface area contributed by atoms with Crippen LogP contribution < -0.4 is 4.74 Å². The molecule has 7 nitrogen and oxygen atoms in total. The summed E-state index contributed by atoms with van der Waals surface area (Å²) in [6, 6.07) is 10.00. The lowest BCUT2D eigenvalue weighted by Gasteiger charge is -2.37. The Morgan fingerprint density at radius 3 is 2.48 bits per heavy atom. The number of carbonyl (C=O) groups excluding carboxylic acids is 1. The smallest absolute Gasteiger partial charge is 0.417 e. The molecule has 0 N–H and O–H groups in total. The molecule has 162 valence electrons. The van der Waals surface area contributed by atoms with Gasteiger partial charge in [0.15, 0.2) is 9.84 Å². The van der Waals surface area contributed by atoms with E-state index in [1.54, 1.807) is 24.3 Å². The largest absolute Gasteiger partial charge is 0.439 e. The van der Waals surface area contributed by atoms with Gasteiger partial charge in [-0.05, 0) is 30.3 Å². The summed E-state index contributed by atoms with van der Waals surface area (Å²) in [5, 5.41) is 0.106. The minimum Gasteiger partial charge on any atom is -0.439 e. The molecule has 0 spiro atoms. The zero-order valence-corrected chi connectivity index (χ0v) is 16.9. The highest BCUT2D eigenvalue weighted by atomic mass is 32.2. The molecule has 0 radical (unpaired) electrons. The first-order chi connectivity index (χ1) is 14.5. The van der Waals surface area contributed by atoms with Crippen molar-refractivity contribution < 1.29 is 31.1 Å². The van der Waals surface area contributed by atoms with Gasteiger partial charge >= 0.3 is 6.18 Å². The number of pyridine rings is 2. The van der Waals surface area contributed by atoms with Gasteiger partial charge in [0.25, 0.3) is 5.91 Å². The van der Waals surface area contributed by atoms with Crippen molar-refractivity contribution in [1.29, 1.82) is 0 Å². The predicted octanol–water partition coefficient (Wildman–Crippen LogP) is 3.31. The van der Waals surface area contributed by atoms with Crippen LogP contribution in [0.2, 0.25) is 0 Å². The number of likely N-dealkylation sites (tertiary alicyclic amines) is 1. The maximum absolute atomic E-state index is 12.6. The predicted molar refractivity (Wildman–Crippen MR) is 106 cm³/mol. The van der Waals surface area contributed by atoms with Crippen molar-refractivity contribution in [3.63, 3.8) is 0 Å². The van der Waals surface area contributed by atoms with Gasteiger partial charge in [-0.15, -0.1) is 0 Å². The fraction of sp³-hybridized carbons (Fsp3) is 0.250. The summed E-state index contributed by atoms with van der Waals surface area (Å²) in [6.45, 7) is 0.286. The van der Waals surface area contributed by atoms with E-state index in [2.05, 4.69) is 9.97 Å². The summed E-state index contributed by atoms with van der Waals surface area (Å²) < 4.78 is 66.3. The topological polar surface area (TPSA) is 89.5 Å². The van der Waals surface area contributed by atoms with E-state index in [1.807, 2.05) is 0 Å². The molecule has 0 bridgehead atoms. The van der Waals surface area contributed by atoms with Crippen LogP contribution in [0.4, 0.5) is 13.2 Å². The number of halogens is 3. The molecule has 0 unspecified atom stereocenters. The number of hydrogen-bond donors (Lipinski definition) is 0. The fourth-order valence-corrected chi connectivity index (χ4v) is 3.95. The summed E-state index contributed by atoms with van der Waals surface area (Å²) in [5.41, 5.74) is -0.166. The Labute approximate surface area is 175 Å². The molecule has 31 heavy (non-hydrogen) atoms. The van der Waals surface area contributed by atoms with Crippen molar-refractivity contribution in [2.24, 2.45) is 0 Å². The molecule has 4 rings (SSSR count). The van der Waals surface area contributed by atoms with Gasteiger partial charge in [0.2, 0.25) is 5.88 Å². The van der Waals surface area contributed by atoms with Gasteiger partial charge in [0.1, 0.15) is 11.4 Å². The Bertz CT molecular complexity index is 1250. The first-order valence-electron chi connectivity index (χ1n) is 9.11. The van der Waals surface area contributed by atoms with Gasteiger partial charge in [0.05, 0.1) is 16.3 Å². The van der Waals surface area contributed by atoms with Crippen molar-refractivity contribution in [2.75, 3.05) is 19.3 Å². The van der Waals surface area contributed by atoms with Crippen LogP contribution in [0.15, 0.2) is 48.7 Å². The minimum absolute atomic E-state index is 0.00493. The average molecular weight is 451 g/mol. The van der Waals surface area contributed by atoms with Crippen LogP contribution in [-0.4, -0.2) is 53.8 Å². The van der Waals surface area contributed by atoms with E-state index in [-0.39, 0.29) is 30.6 Å². The molecule has 11 heteroatoms. The summed E-state index contributed by atoms with van der Waals surface area (Å²) in [5.74, 6) is 0.000717. The molecule has 3 heterocycles. The number of benzene rings is 1. The third-order valence-electron chi connectivity index (χ3n) is 4.91. The molecule has 1 aliphatic rings. The quantitative estimate of drug-likeness (QED) is 0.605. The maximum atomic E-state index is 12.6. The lowest BCUT2D eigenvalue weighted by Crippen LogP contribution is -2.56. The van der Waals surface area contributed by atoms with E-state index in [9.17, 15) is 26.4 Å². The number of nitrogens with zero attached hydrogens (tertiary/aromatic N) is 3. The number of sulfone groups is 1. The first-order valence-corrected chi connectivity index (χ1v) is 11.1. The highest BCUT2D eigenvalue weighted by Crippen LogP contribution is 2.30. The summed E-state index contributed by atoms with van der Waals surface area (Å²) in [7, 11) is -3.18. The zero-order chi connectivity index (χ0) is 22.4. The van der Waals surface area contributed by atoms with Gasteiger partial charge in [-0.25, -0.2) is 18.4 Å². The second-order valence-corrected chi connectivity index (χ2v) is 9.52. The van der Waals surface area contributed by atoms with Crippen molar-refractivity contribution in [2.45, 2.75) is 11.4 Å². The number of carbonyl (C=O) groups is 1. The SMILES string of the molecule is CS(=O)(=O)C1CN(C(=O)c2ccc3cc(Oc4ccc(C(F)(F)F)cn4)ccc3n2)C1. The Hall–Kier alpha value is -3.21. The van der Waals surface area contributed by atoms with Gasteiger partial charge in [-0.2, -0.15) is 13.2 Å². The number of rotatable bonds is 4. The van der Waals surface area contributed by atoms with E-state index in [0.29, 0.717) is 22.8 Å². The van der Waals surface area contributed by atoms with Crippen molar-refractivity contribution in [1.82, 2.24) is 14.9 Å². The summed E-state index contributed by atoms with van der Waals surface area (Å²) in [6.07, 6.45) is -2.63. The number of ether oxygens (including phenoxy) is 1. The third kappa shape index (κ3) is 4.46. The highest BCUT2D eigenvalue weighted by molar-refractivity contribution is 7.91. The number of hydrogen-bond acceptors (Lipinski definition) is 6.